The van der Waals surface area contributed by atoms with Crippen molar-refractivity contribution in [3.8, 4) is 11.5 Å². The fraction of sp³-hybridized carbons (Fsp3) is 0.429. The summed E-state index contributed by atoms with van der Waals surface area (Å²) in [5.74, 6) is -0.0426. The number of phenolic OH excluding ortho intramolecular Hbond substituents is 1. The van der Waals surface area contributed by atoms with Crippen molar-refractivity contribution < 1.29 is 23.7 Å². The summed E-state index contributed by atoms with van der Waals surface area (Å²) in [5, 5.41) is 19.8. The van der Waals surface area contributed by atoms with Gasteiger partial charge in [-0.25, -0.2) is 8.78 Å². The molecule has 4 atom stereocenters. The summed E-state index contributed by atoms with van der Waals surface area (Å²) in [6, 6.07) is 10.0. The number of hydrogen-bond donors (Lipinski definition) is 2. The van der Waals surface area contributed by atoms with Crippen molar-refractivity contribution in [3.63, 3.8) is 0 Å². The average molecular weight is 375 g/mol. The van der Waals surface area contributed by atoms with Crippen LogP contribution in [0, 0.1) is 23.5 Å². The lowest BCUT2D eigenvalue weighted by Gasteiger charge is -2.22. The Morgan fingerprint density at radius 1 is 1.04 bits per heavy atom. The number of β-amino-alcohol motifs (C(OH)–C–C–N with tert-alkyl or cyclic N) is 1. The molecular formula is C21H23F2NO3. The number of phenols is 1. The quantitative estimate of drug-likeness (QED) is 0.840. The van der Waals surface area contributed by atoms with Gasteiger partial charge in [0.1, 0.15) is 11.6 Å². The van der Waals surface area contributed by atoms with E-state index in [1.54, 1.807) is 24.3 Å². The first-order valence-corrected chi connectivity index (χ1v) is 9.29. The van der Waals surface area contributed by atoms with Crippen molar-refractivity contribution >= 4 is 0 Å². The maximum absolute atomic E-state index is 13.8. The molecule has 1 aliphatic carbocycles. The molecule has 27 heavy (non-hydrogen) atoms. The minimum Gasteiger partial charge on any atom is -0.508 e. The van der Waals surface area contributed by atoms with Crippen LogP contribution in [0.15, 0.2) is 42.5 Å². The Hall–Kier alpha value is -2.18. The highest BCUT2D eigenvalue weighted by molar-refractivity contribution is 5.27. The van der Waals surface area contributed by atoms with E-state index in [0.29, 0.717) is 18.4 Å². The van der Waals surface area contributed by atoms with Gasteiger partial charge in [0.2, 0.25) is 0 Å². The molecule has 0 aromatic heterocycles. The molecule has 1 heterocycles. The zero-order chi connectivity index (χ0) is 19.0. The molecule has 1 saturated carbocycles. The van der Waals surface area contributed by atoms with Gasteiger partial charge in [-0.3, -0.25) is 4.90 Å². The number of fused-ring (bicyclic) bond motifs is 1. The fourth-order valence-electron chi connectivity index (χ4n) is 4.38. The molecule has 0 amide bonds. The third-order valence-electron chi connectivity index (χ3n) is 5.68. The van der Waals surface area contributed by atoms with Crippen molar-refractivity contribution in [3.05, 3.63) is 59.7 Å². The summed E-state index contributed by atoms with van der Waals surface area (Å²) in [6.07, 6.45) is 1.04. The highest BCUT2D eigenvalue weighted by Gasteiger charge is 2.42. The zero-order valence-corrected chi connectivity index (χ0v) is 14.9. The number of likely N-dealkylation sites (tertiary alicyclic amines) is 1. The summed E-state index contributed by atoms with van der Waals surface area (Å²) in [7, 11) is 0. The predicted octanol–water partition coefficient (Wildman–Crippen LogP) is 3.49. The topological polar surface area (TPSA) is 52.9 Å². The number of benzene rings is 2. The largest absolute Gasteiger partial charge is 0.508 e. The first kappa shape index (κ1) is 18.2. The van der Waals surface area contributed by atoms with E-state index >= 15 is 0 Å². The van der Waals surface area contributed by atoms with Gasteiger partial charge >= 0.3 is 0 Å². The molecule has 1 unspecified atom stereocenters. The minimum absolute atomic E-state index is 0.0517. The van der Waals surface area contributed by atoms with Crippen LogP contribution in [0.1, 0.15) is 24.5 Å². The molecule has 2 aromatic carbocycles. The molecule has 1 aliphatic heterocycles. The molecule has 144 valence electrons. The van der Waals surface area contributed by atoms with E-state index in [1.807, 2.05) is 0 Å². The molecule has 2 aromatic rings. The van der Waals surface area contributed by atoms with E-state index in [1.165, 1.54) is 12.1 Å². The van der Waals surface area contributed by atoms with Gasteiger partial charge in [-0.1, -0.05) is 12.1 Å². The number of halogens is 2. The number of nitrogens with zero attached hydrogens (tertiary/aromatic N) is 1. The number of hydrogen-bond acceptors (Lipinski definition) is 4. The number of ether oxygens (including phenoxy) is 1. The molecular weight excluding hydrogens is 352 g/mol. The third kappa shape index (κ3) is 4.06. The standard InChI is InChI=1S/C21H23F2NO3/c22-16-3-6-21(19(23)9-16)27-18-7-14-10-24(11-15(14)8-18)12-20(26)13-1-4-17(25)5-2-13/h1-6,9,14-15,18,20,25-26H,7-8,10-12H2/t14-,15+,18?,20-/m1/s1. The van der Waals surface area contributed by atoms with Crippen LogP contribution in [-0.2, 0) is 0 Å². The van der Waals surface area contributed by atoms with Gasteiger partial charge in [0.05, 0.1) is 12.2 Å². The first-order valence-electron chi connectivity index (χ1n) is 9.29. The van der Waals surface area contributed by atoms with Crippen molar-refractivity contribution in [2.45, 2.75) is 25.0 Å². The zero-order valence-electron chi connectivity index (χ0n) is 14.9. The Balaban J connectivity index is 1.29. The van der Waals surface area contributed by atoms with Crippen molar-refractivity contribution in [1.82, 2.24) is 4.90 Å². The van der Waals surface area contributed by atoms with E-state index in [-0.39, 0.29) is 17.6 Å². The maximum atomic E-state index is 13.8. The van der Waals surface area contributed by atoms with E-state index in [2.05, 4.69) is 4.90 Å². The van der Waals surface area contributed by atoms with E-state index in [9.17, 15) is 19.0 Å². The van der Waals surface area contributed by atoms with Crippen LogP contribution in [0.5, 0.6) is 11.5 Å². The first-order chi connectivity index (χ1) is 13.0. The predicted molar refractivity (Wildman–Crippen MR) is 96.5 cm³/mol. The molecule has 0 spiro atoms. The molecule has 6 heteroatoms. The van der Waals surface area contributed by atoms with Crippen LogP contribution in [0.25, 0.3) is 0 Å². The van der Waals surface area contributed by atoms with Crippen molar-refractivity contribution in [2.24, 2.45) is 11.8 Å². The number of aliphatic hydroxyl groups excluding tert-OH is 1. The normalized spacial score (nSPS) is 26.1. The molecule has 0 bridgehead atoms. The summed E-state index contributed by atoms with van der Waals surface area (Å²) in [5.41, 5.74) is 0.790. The van der Waals surface area contributed by atoms with Gasteiger partial charge in [0.25, 0.3) is 0 Å². The van der Waals surface area contributed by atoms with Gasteiger partial charge < -0.3 is 14.9 Å². The lowest BCUT2D eigenvalue weighted by molar-refractivity contribution is 0.115. The Morgan fingerprint density at radius 3 is 2.33 bits per heavy atom. The van der Waals surface area contributed by atoms with Crippen LogP contribution in [0.2, 0.25) is 0 Å². The second kappa shape index (κ2) is 7.44. The summed E-state index contributed by atoms with van der Waals surface area (Å²) >= 11 is 0. The fourth-order valence-corrected chi connectivity index (χ4v) is 4.38. The van der Waals surface area contributed by atoms with Crippen LogP contribution in [0.3, 0.4) is 0 Å². The van der Waals surface area contributed by atoms with Crippen LogP contribution in [-0.4, -0.2) is 40.9 Å². The lowest BCUT2D eigenvalue weighted by atomic mass is 10.0. The van der Waals surface area contributed by atoms with Crippen molar-refractivity contribution in [1.29, 1.82) is 0 Å². The van der Waals surface area contributed by atoms with Crippen LogP contribution >= 0.6 is 0 Å². The molecule has 4 rings (SSSR count). The van der Waals surface area contributed by atoms with Crippen molar-refractivity contribution in [2.75, 3.05) is 19.6 Å². The monoisotopic (exact) mass is 375 g/mol. The van der Waals surface area contributed by atoms with E-state index < -0.39 is 17.7 Å². The Labute approximate surface area is 157 Å². The van der Waals surface area contributed by atoms with Gasteiger partial charge in [0, 0.05) is 25.7 Å². The Bertz CT molecular complexity index is 785. The second-order valence-electron chi connectivity index (χ2n) is 7.63. The molecule has 1 saturated heterocycles. The minimum atomic E-state index is -0.661. The summed E-state index contributed by atoms with van der Waals surface area (Å²) in [4.78, 5) is 2.25. The number of aromatic hydroxyl groups is 1. The molecule has 2 N–H and O–H groups in total. The molecule has 0 radical (unpaired) electrons. The van der Waals surface area contributed by atoms with E-state index in [0.717, 1.165) is 37.6 Å². The number of aliphatic hydroxyl groups is 1. The summed E-state index contributed by atoms with van der Waals surface area (Å²) in [6.45, 7) is 2.31. The highest BCUT2D eigenvalue weighted by Crippen LogP contribution is 2.40. The Morgan fingerprint density at radius 2 is 1.70 bits per heavy atom. The van der Waals surface area contributed by atoms with Gasteiger partial charge in [-0.2, -0.15) is 0 Å². The average Bonchev–Trinajstić information content (AvgIpc) is 3.15. The van der Waals surface area contributed by atoms with Gasteiger partial charge in [0.15, 0.2) is 11.6 Å². The molecule has 2 fully saturated rings. The number of rotatable bonds is 5. The SMILES string of the molecule is Oc1ccc([C@H](O)CN2C[C@H]3CC(Oc4ccc(F)cc4F)C[C@H]3C2)cc1. The summed E-state index contributed by atoms with van der Waals surface area (Å²) < 4.78 is 32.5. The third-order valence-corrected chi connectivity index (χ3v) is 5.68. The van der Waals surface area contributed by atoms with E-state index in [4.69, 9.17) is 4.74 Å². The maximum Gasteiger partial charge on any atom is 0.167 e. The lowest BCUT2D eigenvalue weighted by Crippen LogP contribution is -2.29. The second-order valence-corrected chi connectivity index (χ2v) is 7.63. The van der Waals surface area contributed by atoms with Crippen LogP contribution < -0.4 is 4.74 Å². The smallest absolute Gasteiger partial charge is 0.167 e. The molecule has 2 aliphatic rings. The molecule has 4 nitrogen and oxygen atoms in total. The Kier molecular flexibility index (Phi) is 5.02. The van der Waals surface area contributed by atoms with Gasteiger partial charge in [-0.15, -0.1) is 0 Å². The highest BCUT2D eigenvalue weighted by atomic mass is 19.1. The van der Waals surface area contributed by atoms with Gasteiger partial charge in [-0.05, 0) is 54.5 Å². The van der Waals surface area contributed by atoms with Crippen LogP contribution in [0.4, 0.5) is 8.78 Å².